The first-order chi connectivity index (χ1) is 11.7. The number of nitrogens with zero attached hydrogens (tertiary/aromatic N) is 1. The number of hydrogen-bond donors (Lipinski definition) is 2. The second-order valence-electron chi connectivity index (χ2n) is 6.35. The monoisotopic (exact) mass is 323 g/mol. The minimum Gasteiger partial charge on any atom is -0.382 e. The third-order valence-electron chi connectivity index (χ3n) is 4.58. The van der Waals surface area contributed by atoms with Crippen LogP contribution in [0.15, 0.2) is 59.7 Å². The maximum absolute atomic E-state index is 5.72. The minimum atomic E-state index is 0.380. The number of benzene rings is 2. The molecule has 0 radical (unpaired) electrons. The summed E-state index contributed by atoms with van der Waals surface area (Å²) in [6.45, 7) is 2.26. The molecule has 0 bridgehead atoms. The van der Waals surface area contributed by atoms with Crippen LogP contribution in [-0.2, 0) is 6.42 Å². The van der Waals surface area contributed by atoms with Crippen LogP contribution in [0.3, 0.4) is 0 Å². The number of rotatable bonds is 9. The van der Waals surface area contributed by atoms with Gasteiger partial charge < -0.3 is 11.6 Å². The van der Waals surface area contributed by atoms with Crippen LogP contribution in [0, 0.1) is 0 Å². The van der Waals surface area contributed by atoms with Gasteiger partial charge in [-0.2, -0.15) is 5.10 Å². The molecule has 3 heteroatoms. The van der Waals surface area contributed by atoms with Crippen LogP contribution in [0.5, 0.6) is 0 Å². The quantitative estimate of drug-likeness (QED) is 0.307. The van der Waals surface area contributed by atoms with Crippen molar-refractivity contribution in [2.45, 2.75) is 51.4 Å². The second kappa shape index (κ2) is 9.76. The standard InChI is InChI=1S/C21H29N3/c1-2-3-9-18(19-10-5-4-6-11-19)12-7-8-17-13-15-20(16-14-17)21(22)24-23/h4-6,10-11,13-16,18H,2-3,7-9,12,23H2,1H3,(H2,22,24). The van der Waals surface area contributed by atoms with Crippen molar-refractivity contribution in [3.63, 3.8) is 0 Å². The van der Waals surface area contributed by atoms with E-state index in [1.54, 1.807) is 0 Å². The molecular formula is C21H29N3. The Morgan fingerprint density at radius 2 is 1.62 bits per heavy atom. The predicted octanol–water partition coefficient (Wildman–Crippen LogP) is 4.56. The van der Waals surface area contributed by atoms with Gasteiger partial charge in [-0.25, -0.2) is 0 Å². The predicted molar refractivity (Wildman–Crippen MR) is 103 cm³/mol. The first kappa shape index (κ1) is 18.1. The van der Waals surface area contributed by atoms with E-state index in [1.807, 2.05) is 12.1 Å². The summed E-state index contributed by atoms with van der Waals surface area (Å²) in [5.74, 6) is 6.27. The fourth-order valence-corrected chi connectivity index (χ4v) is 3.12. The molecule has 0 amide bonds. The van der Waals surface area contributed by atoms with Crippen molar-refractivity contribution < 1.29 is 0 Å². The fourth-order valence-electron chi connectivity index (χ4n) is 3.12. The topological polar surface area (TPSA) is 64.4 Å². The highest BCUT2D eigenvalue weighted by atomic mass is 15.1. The minimum absolute atomic E-state index is 0.380. The molecule has 3 nitrogen and oxygen atoms in total. The van der Waals surface area contributed by atoms with E-state index in [9.17, 15) is 0 Å². The molecule has 0 heterocycles. The molecule has 1 atom stereocenters. The summed E-state index contributed by atoms with van der Waals surface area (Å²) in [5.41, 5.74) is 9.42. The Labute approximate surface area is 145 Å². The smallest absolute Gasteiger partial charge is 0.150 e. The normalized spacial score (nSPS) is 13.0. The molecule has 0 aromatic heterocycles. The summed E-state index contributed by atoms with van der Waals surface area (Å²) in [4.78, 5) is 0. The van der Waals surface area contributed by atoms with Gasteiger partial charge in [0.1, 0.15) is 5.84 Å². The Hall–Kier alpha value is -2.29. The first-order valence-corrected chi connectivity index (χ1v) is 8.92. The van der Waals surface area contributed by atoms with Crippen LogP contribution < -0.4 is 11.6 Å². The van der Waals surface area contributed by atoms with E-state index in [2.05, 4.69) is 54.5 Å². The van der Waals surface area contributed by atoms with Crippen LogP contribution in [0.2, 0.25) is 0 Å². The van der Waals surface area contributed by atoms with Gasteiger partial charge in [0.05, 0.1) is 0 Å². The van der Waals surface area contributed by atoms with Crippen molar-refractivity contribution in [1.29, 1.82) is 0 Å². The molecule has 2 rings (SSSR count). The summed E-state index contributed by atoms with van der Waals surface area (Å²) in [6, 6.07) is 19.2. The molecule has 2 aromatic rings. The summed E-state index contributed by atoms with van der Waals surface area (Å²) >= 11 is 0. The van der Waals surface area contributed by atoms with Gasteiger partial charge >= 0.3 is 0 Å². The number of aryl methyl sites for hydroxylation is 1. The van der Waals surface area contributed by atoms with E-state index in [0.29, 0.717) is 11.8 Å². The molecule has 24 heavy (non-hydrogen) atoms. The summed E-state index contributed by atoms with van der Waals surface area (Å²) in [7, 11) is 0. The van der Waals surface area contributed by atoms with Gasteiger partial charge in [0, 0.05) is 5.56 Å². The highest BCUT2D eigenvalue weighted by Gasteiger charge is 2.10. The van der Waals surface area contributed by atoms with Gasteiger partial charge in [0.25, 0.3) is 0 Å². The molecule has 0 saturated heterocycles. The molecule has 0 spiro atoms. The van der Waals surface area contributed by atoms with Gasteiger partial charge in [-0.05, 0) is 42.7 Å². The first-order valence-electron chi connectivity index (χ1n) is 8.92. The Balaban J connectivity index is 1.90. The molecule has 0 aliphatic carbocycles. The fraction of sp³-hybridized carbons (Fsp3) is 0.381. The number of hydrogen-bond acceptors (Lipinski definition) is 2. The van der Waals surface area contributed by atoms with E-state index >= 15 is 0 Å². The average molecular weight is 323 g/mol. The molecule has 4 N–H and O–H groups in total. The average Bonchev–Trinajstić information content (AvgIpc) is 2.65. The lowest BCUT2D eigenvalue weighted by Crippen LogP contribution is -2.15. The summed E-state index contributed by atoms with van der Waals surface area (Å²) < 4.78 is 0. The maximum atomic E-state index is 5.72. The zero-order chi connectivity index (χ0) is 17.2. The Bertz CT molecular complexity index is 617. The third kappa shape index (κ3) is 5.41. The number of amidine groups is 1. The maximum Gasteiger partial charge on any atom is 0.150 e. The largest absolute Gasteiger partial charge is 0.382 e. The van der Waals surface area contributed by atoms with Gasteiger partial charge in [-0.15, -0.1) is 0 Å². The van der Waals surface area contributed by atoms with Crippen LogP contribution >= 0.6 is 0 Å². The zero-order valence-electron chi connectivity index (χ0n) is 14.6. The SMILES string of the molecule is CCCCC(CCCc1ccc(C(N)=NN)cc1)c1ccccc1. The van der Waals surface area contributed by atoms with Crippen LogP contribution in [0.25, 0.3) is 0 Å². The molecule has 2 aromatic carbocycles. The number of nitrogens with two attached hydrogens (primary N) is 2. The highest BCUT2D eigenvalue weighted by molar-refractivity contribution is 5.97. The molecule has 1 unspecified atom stereocenters. The number of hydrazone groups is 1. The van der Waals surface area contributed by atoms with Crippen LogP contribution in [-0.4, -0.2) is 5.84 Å². The lowest BCUT2D eigenvalue weighted by Gasteiger charge is -2.17. The molecule has 128 valence electrons. The molecule has 0 aliphatic heterocycles. The summed E-state index contributed by atoms with van der Waals surface area (Å²) in [5, 5.41) is 3.53. The highest BCUT2D eigenvalue weighted by Crippen LogP contribution is 2.27. The summed E-state index contributed by atoms with van der Waals surface area (Å²) in [6.07, 6.45) is 7.36. The Morgan fingerprint density at radius 3 is 2.25 bits per heavy atom. The van der Waals surface area contributed by atoms with E-state index < -0.39 is 0 Å². The molecule has 0 saturated carbocycles. The van der Waals surface area contributed by atoms with Crippen molar-refractivity contribution in [1.82, 2.24) is 0 Å². The van der Waals surface area contributed by atoms with E-state index in [4.69, 9.17) is 11.6 Å². The lowest BCUT2D eigenvalue weighted by molar-refractivity contribution is 0.528. The Morgan fingerprint density at radius 1 is 0.958 bits per heavy atom. The van der Waals surface area contributed by atoms with Gasteiger partial charge in [0.2, 0.25) is 0 Å². The second-order valence-corrected chi connectivity index (χ2v) is 6.35. The third-order valence-corrected chi connectivity index (χ3v) is 4.58. The lowest BCUT2D eigenvalue weighted by atomic mass is 9.88. The van der Waals surface area contributed by atoms with Crippen molar-refractivity contribution in [2.75, 3.05) is 0 Å². The Kier molecular flexibility index (Phi) is 7.34. The molecular weight excluding hydrogens is 294 g/mol. The van der Waals surface area contributed by atoms with E-state index in [1.165, 1.54) is 43.2 Å². The van der Waals surface area contributed by atoms with E-state index in [-0.39, 0.29) is 0 Å². The van der Waals surface area contributed by atoms with E-state index in [0.717, 1.165) is 12.0 Å². The molecule has 0 fully saturated rings. The van der Waals surface area contributed by atoms with Crippen molar-refractivity contribution in [3.05, 3.63) is 71.3 Å². The van der Waals surface area contributed by atoms with Gasteiger partial charge in [-0.1, -0.05) is 74.4 Å². The van der Waals surface area contributed by atoms with Crippen molar-refractivity contribution >= 4 is 5.84 Å². The van der Waals surface area contributed by atoms with Crippen LogP contribution in [0.1, 0.15) is 61.6 Å². The van der Waals surface area contributed by atoms with Crippen LogP contribution in [0.4, 0.5) is 0 Å². The number of unbranched alkanes of at least 4 members (excludes halogenated alkanes) is 1. The van der Waals surface area contributed by atoms with Gasteiger partial charge in [-0.3, -0.25) is 0 Å². The molecule has 0 aliphatic rings. The van der Waals surface area contributed by atoms with Gasteiger partial charge in [0.15, 0.2) is 0 Å². The zero-order valence-corrected chi connectivity index (χ0v) is 14.6. The van der Waals surface area contributed by atoms with Crippen molar-refractivity contribution in [2.24, 2.45) is 16.7 Å². The van der Waals surface area contributed by atoms with Crippen molar-refractivity contribution in [3.8, 4) is 0 Å².